The summed E-state index contributed by atoms with van der Waals surface area (Å²) in [5, 5.41) is 3.45. The van der Waals surface area contributed by atoms with Gasteiger partial charge in [0, 0.05) is 18.6 Å². The summed E-state index contributed by atoms with van der Waals surface area (Å²) in [4.78, 5) is 6.98. The maximum Gasteiger partial charge on any atom is 0.297 e. The number of oxazole rings is 1. The first-order valence-electron chi connectivity index (χ1n) is 8.11. The van der Waals surface area contributed by atoms with Gasteiger partial charge in [0.05, 0.1) is 24.4 Å². The number of anilines is 1. The number of nitrogens with zero attached hydrogens (tertiary/aromatic N) is 2. The Hall–Kier alpha value is -1.07. The van der Waals surface area contributed by atoms with Crippen LogP contribution >= 0.6 is 0 Å². The van der Waals surface area contributed by atoms with Gasteiger partial charge in [-0.15, -0.1) is 0 Å². The number of morpholine rings is 1. The van der Waals surface area contributed by atoms with Gasteiger partial charge in [-0.05, 0) is 33.6 Å². The predicted molar refractivity (Wildman–Crippen MR) is 82.4 cm³/mol. The van der Waals surface area contributed by atoms with E-state index < -0.39 is 0 Å². The Morgan fingerprint density at radius 1 is 1.33 bits per heavy atom. The largest absolute Gasteiger partial charge is 0.432 e. The van der Waals surface area contributed by atoms with Crippen molar-refractivity contribution < 1.29 is 9.15 Å². The Morgan fingerprint density at radius 3 is 2.95 bits per heavy atom. The van der Waals surface area contributed by atoms with E-state index in [1.54, 1.807) is 6.26 Å². The summed E-state index contributed by atoms with van der Waals surface area (Å²) in [6, 6.07) is 1.20. The van der Waals surface area contributed by atoms with E-state index in [0.29, 0.717) is 12.1 Å². The highest BCUT2D eigenvalue weighted by atomic mass is 16.5. The highest BCUT2D eigenvalue weighted by molar-refractivity contribution is 5.31. The molecule has 2 heterocycles. The number of aromatic nitrogens is 1. The Bertz CT molecular complexity index is 464. The zero-order valence-electron chi connectivity index (χ0n) is 13.4. The number of rotatable bonds is 3. The summed E-state index contributed by atoms with van der Waals surface area (Å²) in [7, 11) is 0. The molecule has 5 heteroatoms. The van der Waals surface area contributed by atoms with Crippen LogP contribution < -0.4 is 10.2 Å². The number of ether oxygens (including phenoxy) is 1. The van der Waals surface area contributed by atoms with Crippen molar-refractivity contribution in [3.63, 3.8) is 0 Å². The van der Waals surface area contributed by atoms with E-state index >= 15 is 0 Å². The van der Waals surface area contributed by atoms with Crippen LogP contribution in [0.4, 0.5) is 6.01 Å². The van der Waals surface area contributed by atoms with Crippen LogP contribution in [0.15, 0.2) is 10.7 Å². The Balaban J connectivity index is 1.67. The van der Waals surface area contributed by atoms with E-state index in [1.165, 1.54) is 25.7 Å². The molecule has 2 atom stereocenters. The first-order valence-corrected chi connectivity index (χ1v) is 8.11. The quantitative estimate of drug-likeness (QED) is 0.928. The Morgan fingerprint density at radius 2 is 2.14 bits per heavy atom. The van der Waals surface area contributed by atoms with Crippen molar-refractivity contribution in [3.05, 3.63) is 12.0 Å². The molecule has 0 amide bonds. The van der Waals surface area contributed by atoms with Gasteiger partial charge in [0.25, 0.3) is 6.01 Å². The van der Waals surface area contributed by atoms with E-state index in [1.807, 2.05) is 0 Å². The van der Waals surface area contributed by atoms with E-state index in [0.717, 1.165) is 31.4 Å². The summed E-state index contributed by atoms with van der Waals surface area (Å²) in [5.41, 5.74) is 1.06. The number of hydrogen-bond donors (Lipinski definition) is 1. The molecule has 2 fully saturated rings. The van der Waals surface area contributed by atoms with Gasteiger partial charge in [-0.1, -0.05) is 12.8 Å². The van der Waals surface area contributed by atoms with Crippen LogP contribution in [0, 0.1) is 0 Å². The van der Waals surface area contributed by atoms with Crippen LogP contribution in [-0.2, 0) is 11.3 Å². The maximum absolute atomic E-state index is 5.91. The molecule has 1 aliphatic heterocycles. The minimum Gasteiger partial charge on any atom is -0.432 e. The van der Waals surface area contributed by atoms with E-state index in [9.17, 15) is 0 Å². The molecular weight excluding hydrogens is 266 g/mol. The van der Waals surface area contributed by atoms with Gasteiger partial charge in [0.1, 0.15) is 6.26 Å². The maximum atomic E-state index is 5.91. The molecule has 1 aromatic heterocycles. The first kappa shape index (κ1) is 14.9. The van der Waals surface area contributed by atoms with E-state index in [4.69, 9.17) is 9.15 Å². The average Bonchev–Trinajstić information content (AvgIpc) is 2.92. The summed E-state index contributed by atoms with van der Waals surface area (Å²) in [5.74, 6) is 0. The monoisotopic (exact) mass is 293 g/mol. The molecule has 21 heavy (non-hydrogen) atoms. The van der Waals surface area contributed by atoms with Gasteiger partial charge in [0.15, 0.2) is 0 Å². The molecule has 0 bridgehead atoms. The molecule has 2 aliphatic rings. The highest BCUT2D eigenvalue weighted by Gasteiger charge is 2.36. The van der Waals surface area contributed by atoms with Crippen molar-refractivity contribution in [2.24, 2.45) is 0 Å². The van der Waals surface area contributed by atoms with Gasteiger partial charge < -0.3 is 19.4 Å². The number of fused-ring (bicyclic) bond motifs is 1. The summed E-state index contributed by atoms with van der Waals surface area (Å²) in [6.07, 6.45) is 7.04. The molecule has 1 saturated carbocycles. The lowest BCUT2D eigenvalue weighted by atomic mass is 9.90. The SMILES string of the molecule is CC(C)(C)NCc1coc(N2CCOC3CCCCC32)n1. The highest BCUT2D eigenvalue weighted by Crippen LogP contribution is 2.31. The minimum absolute atomic E-state index is 0.0898. The third-order valence-electron chi connectivity index (χ3n) is 4.32. The zero-order chi connectivity index (χ0) is 14.9. The second-order valence-electron chi connectivity index (χ2n) is 7.18. The van der Waals surface area contributed by atoms with Gasteiger partial charge in [-0.25, -0.2) is 0 Å². The van der Waals surface area contributed by atoms with Crippen molar-refractivity contribution in [1.82, 2.24) is 10.3 Å². The van der Waals surface area contributed by atoms with Crippen molar-refractivity contribution in [1.29, 1.82) is 0 Å². The number of nitrogens with one attached hydrogen (secondary N) is 1. The second-order valence-corrected chi connectivity index (χ2v) is 7.18. The first-order chi connectivity index (χ1) is 10.0. The lowest BCUT2D eigenvalue weighted by Crippen LogP contribution is -2.53. The van der Waals surface area contributed by atoms with Crippen molar-refractivity contribution in [2.45, 2.75) is 70.7 Å². The third-order valence-corrected chi connectivity index (χ3v) is 4.32. The van der Waals surface area contributed by atoms with Gasteiger partial charge in [-0.2, -0.15) is 4.98 Å². The zero-order valence-corrected chi connectivity index (χ0v) is 13.4. The van der Waals surface area contributed by atoms with Crippen LogP contribution in [0.2, 0.25) is 0 Å². The molecule has 1 N–H and O–H groups in total. The lowest BCUT2D eigenvalue weighted by Gasteiger charge is -2.42. The molecule has 118 valence electrons. The lowest BCUT2D eigenvalue weighted by molar-refractivity contribution is -0.0106. The molecule has 2 unspecified atom stereocenters. The van der Waals surface area contributed by atoms with Crippen LogP contribution in [0.3, 0.4) is 0 Å². The second kappa shape index (κ2) is 5.97. The third kappa shape index (κ3) is 3.58. The van der Waals surface area contributed by atoms with Gasteiger partial charge >= 0.3 is 0 Å². The van der Waals surface area contributed by atoms with Gasteiger partial charge in [-0.3, -0.25) is 0 Å². The molecule has 0 aromatic carbocycles. The summed E-state index contributed by atoms with van der Waals surface area (Å²) in [6.45, 7) is 8.87. The average molecular weight is 293 g/mol. The van der Waals surface area contributed by atoms with Crippen molar-refractivity contribution in [2.75, 3.05) is 18.1 Å². The van der Waals surface area contributed by atoms with Crippen LogP contribution in [-0.4, -0.2) is 35.8 Å². The molecule has 5 nitrogen and oxygen atoms in total. The van der Waals surface area contributed by atoms with Crippen molar-refractivity contribution in [3.8, 4) is 0 Å². The van der Waals surface area contributed by atoms with Crippen molar-refractivity contribution >= 4 is 6.01 Å². The van der Waals surface area contributed by atoms with Gasteiger partial charge in [0.2, 0.25) is 0 Å². The minimum atomic E-state index is 0.0898. The molecule has 1 aliphatic carbocycles. The fourth-order valence-electron chi connectivity index (χ4n) is 3.20. The topological polar surface area (TPSA) is 50.5 Å². The summed E-state index contributed by atoms with van der Waals surface area (Å²) < 4.78 is 11.6. The Kier molecular flexibility index (Phi) is 4.22. The molecule has 0 spiro atoms. The normalized spacial score (nSPS) is 26.7. The number of hydrogen-bond acceptors (Lipinski definition) is 5. The molecule has 1 aromatic rings. The molecule has 3 rings (SSSR count). The molecule has 1 saturated heterocycles. The standard InChI is InChI=1S/C16H27N3O2/c1-16(2,3)17-10-12-11-21-15(18-12)19-8-9-20-14-7-5-4-6-13(14)19/h11,13-14,17H,4-10H2,1-3H3. The molecule has 0 radical (unpaired) electrons. The fraction of sp³-hybridized carbons (Fsp3) is 0.812. The van der Waals surface area contributed by atoms with Crippen LogP contribution in [0.5, 0.6) is 0 Å². The smallest absolute Gasteiger partial charge is 0.297 e. The van der Waals surface area contributed by atoms with E-state index in [2.05, 4.69) is 36.0 Å². The summed E-state index contributed by atoms with van der Waals surface area (Å²) >= 11 is 0. The molecular formula is C16H27N3O2. The predicted octanol–water partition coefficient (Wildman–Crippen LogP) is 2.71. The van der Waals surface area contributed by atoms with E-state index in [-0.39, 0.29) is 5.54 Å². The Labute approximate surface area is 127 Å². The van der Waals surface area contributed by atoms with Crippen LogP contribution in [0.1, 0.15) is 52.1 Å². The fourth-order valence-corrected chi connectivity index (χ4v) is 3.20. The van der Waals surface area contributed by atoms with Crippen LogP contribution in [0.25, 0.3) is 0 Å².